The van der Waals surface area contributed by atoms with Crippen LogP contribution in [0.15, 0.2) is 0 Å². The Morgan fingerprint density at radius 2 is 1.68 bits per heavy atom. The highest BCUT2D eigenvalue weighted by atomic mass is 16.5. The summed E-state index contributed by atoms with van der Waals surface area (Å²) in [4.78, 5) is 11.2. The van der Waals surface area contributed by atoms with Gasteiger partial charge in [-0.2, -0.15) is 0 Å². The van der Waals surface area contributed by atoms with Crippen LogP contribution >= 0.6 is 0 Å². The monoisotopic (exact) mass is 271 g/mol. The molecule has 0 aliphatic rings. The molecule has 0 atom stereocenters. The minimum Gasteiger partial charge on any atom is -0.466 e. The molecule has 0 radical (unpaired) electrons. The standard InChI is InChI=1S/C16H33NO2/c1-7-19-14(18)11-9-8-10-12-17-16(5,6)13-15(2,3)4/h17H,7-13H2,1-6H3. The molecule has 0 aliphatic carbocycles. The van der Waals surface area contributed by atoms with E-state index in [4.69, 9.17) is 4.74 Å². The number of unbranched alkanes of at least 4 members (excludes halogenated alkanes) is 2. The summed E-state index contributed by atoms with van der Waals surface area (Å²) in [5.74, 6) is -0.0662. The van der Waals surface area contributed by atoms with E-state index in [2.05, 4.69) is 39.9 Å². The molecule has 1 N–H and O–H groups in total. The van der Waals surface area contributed by atoms with Crippen LogP contribution in [0.2, 0.25) is 0 Å². The molecule has 0 aliphatic heterocycles. The van der Waals surface area contributed by atoms with Gasteiger partial charge >= 0.3 is 5.97 Å². The largest absolute Gasteiger partial charge is 0.466 e. The maximum atomic E-state index is 11.2. The topological polar surface area (TPSA) is 38.3 Å². The molecule has 0 saturated carbocycles. The van der Waals surface area contributed by atoms with E-state index in [1.165, 1.54) is 0 Å². The minimum absolute atomic E-state index is 0.0662. The molecule has 0 aromatic heterocycles. The van der Waals surface area contributed by atoms with E-state index < -0.39 is 0 Å². The van der Waals surface area contributed by atoms with E-state index in [1.54, 1.807) is 0 Å². The van der Waals surface area contributed by atoms with E-state index in [0.717, 1.165) is 32.2 Å². The van der Waals surface area contributed by atoms with E-state index in [0.29, 0.717) is 18.4 Å². The van der Waals surface area contributed by atoms with Gasteiger partial charge in [0.25, 0.3) is 0 Å². The van der Waals surface area contributed by atoms with Crippen LogP contribution in [0.4, 0.5) is 0 Å². The third kappa shape index (κ3) is 12.2. The first-order valence-electron chi connectivity index (χ1n) is 7.57. The second-order valence-corrected chi connectivity index (χ2v) is 7.16. The molecule has 0 aromatic carbocycles. The van der Waals surface area contributed by atoms with Crippen LogP contribution in [0.5, 0.6) is 0 Å². The molecule has 3 nitrogen and oxygen atoms in total. The molecule has 0 aromatic rings. The van der Waals surface area contributed by atoms with E-state index >= 15 is 0 Å². The number of hydrogen-bond donors (Lipinski definition) is 1. The molecular weight excluding hydrogens is 238 g/mol. The minimum atomic E-state index is -0.0662. The first-order valence-corrected chi connectivity index (χ1v) is 7.57. The Morgan fingerprint density at radius 1 is 1.05 bits per heavy atom. The fourth-order valence-electron chi connectivity index (χ4n) is 2.62. The summed E-state index contributed by atoms with van der Waals surface area (Å²) in [5.41, 5.74) is 0.528. The Hall–Kier alpha value is -0.570. The van der Waals surface area contributed by atoms with Crippen LogP contribution in [-0.4, -0.2) is 24.7 Å². The second kappa shape index (κ2) is 8.57. The van der Waals surface area contributed by atoms with E-state index in [-0.39, 0.29) is 11.5 Å². The van der Waals surface area contributed by atoms with Gasteiger partial charge in [0.15, 0.2) is 0 Å². The predicted octanol–water partition coefficient (Wildman–Crippen LogP) is 3.91. The first-order chi connectivity index (χ1) is 8.66. The summed E-state index contributed by atoms with van der Waals surface area (Å²) in [6.07, 6.45) is 4.84. The van der Waals surface area contributed by atoms with Gasteiger partial charge in [-0.3, -0.25) is 4.79 Å². The summed E-state index contributed by atoms with van der Waals surface area (Å²) in [7, 11) is 0. The maximum Gasteiger partial charge on any atom is 0.305 e. The lowest BCUT2D eigenvalue weighted by atomic mass is 9.82. The average molecular weight is 271 g/mol. The SMILES string of the molecule is CCOC(=O)CCCCCNC(C)(C)CC(C)(C)C. The lowest BCUT2D eigenvalue weighted by Crippen LogP contribution is -2.42. The zero-order valence-electron chi connectivity index (χ0n) is 13.8. The fourth-order valence-corrected chi connectivity index (χ4v) is 2.62. The van der Waals surface area contributed by atoms with Crippen molar-refractivity contribution in [3.63, 3.8) is 0 Å². The first kappa shape index (κ1) is 18.4. The van der Waals surface area contributed by atoms with Crippen LogP contribution < -0.4 is 5.32 Å². The van der Waals surface area contributed by atoms with Gasteiger partial charge in [0.05, 0.1) is 6.61 Å². The number of rotatable bonds is 9. The Kier molecular flexibility index (Phi) is 8.31. The number of hydrogen-bond acceptors (Lipinski definition) is 3. The number of carbonyl (C=O) groups excluding carboxylic acids is 1. The molecule has 0 heterocycles. The molecule has 0 amide bonds. The van der Waals surface area contributed by atoms with Crippen LogP contribution in [0, 0.1) is 5.41 Å². The summed E-state index contributed by atoms with van der Waals surface area (Å²) in [6, 6.07) is 0. The number of ether oxygens (including phenoxy) is 1. The fraction of sp³-hybridized carbons (Fsp3) is 0.938. The highest BCUT2D eigenvalue weighted by Gasteiger charge is 2.24. The predicted molar refractivity (Wildman–Crippen MR) is 81.3 cm³/mol. The van der Waals surface area contributed by atoms with Gasteiger partial charge in [-0.05, 0) is 52.0 Å². The van der Waals surface area contributed by atoms with E-state index in [1.807, 2.05) is 6.92 Å². The normalized spacial score (nSPS) is 12.5. The van der Waals surface area contributed by atoms with Gasteiger partial charge in [0.2, 0.25) is 0 Å². The van der Waals surface area contributed by atoms with Crippen molar-refractivity contribution in [2.75, 3.05) is 13.2 Å². The van der Waals surface area contributed by atoms with Crippen molar-refractivity contribution < 1.29 is 9.53 Å². The summed E-state index contributed by atoms with van der Waals surface area (Å²) in [6.45, 7) is 14.7. The van der Waals surface area contributed by atoms with Crippen LogP contribution in [-0.2, 0) is 9.53 Å². The van der Waals surface area contributed by atoms with Crippen molar-refractivity contribution in [2.24, 2.45) is 5.41 Å². The van der Waals surface area contributed by atoms with Gasteiger partial charge in [-0.25, -0.2) is 0 Å². The molecule has 0 fully saturated rings. The molecule has 0 unspecified atom stereocenters. The smallest absolute Gasteiger partial charge is 0.305 e. The molecular formula is C16H33NO2. The number of carbonyl (C=O) groups is 1. The zero-order valence-corrected chi connectivity index (χ0v) is 13.8. The summed E-state index contributed by atoms with van der Waals surface area (Å²) < 4.78 is 4.90. The van der Waals surface area contributed by atoms with Crippen LogP contribution in [0.1, 0.15) is 73.6 Å². The van der Waals surface area contributed by atoms with Crippen molar-refractivity contribution in [1.29, 1.82) is 0 Å². The lowest BCUT2D eigenvalue weighted by Gasteiger charge is -2.33. The highest BCUT2D eigenvalue weighted by Crippen LogP contribution is 2.26. The summed E-state index contributed by atoms with van der Waals surface area (Å²) in [5, 5.41) is 3.61. The molecule has 3 heteroatoms. The number of nitrogens with one attached hydrogen (secondary N) is 1. The highest BCUT2D eigenvalue weighted by molar-refractivity contribution is 5.69. The van der Waals surface area contributed by atoms with Crippen molar-refractivity contribution in [2.45, 2.75) is 79.2 Å². The van der Waals surface area contributed by atoms with Gasteiger partial charge in [0, 0.05) is 12.0 Å². The van der Waals surface area contributed by atoms with Gasteiger partial charge < -0.3 is 10.1 Å². The zero-order chi connectivity index (χ0) is 14.9. The third-order valence-electron chi connectivity index (χ3n) is 2.94. The molecule has 0 saturated heterocycles. The van der Waals surface area contributed by atoms with Crippen molar-refractivity contribution in [3.05, 3.63) is 0 Å². The molecule has 19 heavy (non-hydrogen) atoms. The Labute approximate surface area is 119 Å². The number of esters is 1. The van der Waals surface area contributed by atoms with Gasteiger partial charge in [-0.15, -0.1) is 0 Å². The van der Waals surface area contributed by atoms with Crippen molar-refractivity contribution in [1.82, 2.24) is 5.32 Å². The van der Waals surface area contributed by atoms with Gasteiger partial charge in [-0.1, -0.05) is 27.2 Å². The van der Waals surface area contributed by atoms with Crippen molar-refractivity contribution >= 4 is 5.97 Å². The third-order valence-corrected chi connectivity index (χ3v) is 2.94. The van der Waals surface area contributed by atoms with Crippen molar-refractivity contribution in [3.8, 4) is 0 Å². The molecule has 0 bridgehead atoms. The van der Waals surface area contributed by atoms with Gasteiger partial charge in [0.1, 0.15) is 0 Å². The second-order valence-electron chi connectivity index (χ2n) is 7.16. The Bertz CT molecular complexity index is 254. The maximum absolute atomic E-state index is 11.2. The molecule has 114 valence electrons. The Balaban J connectivity index is 3.61. The Morgan fingerprint density at radius 3 is 2.21 bits per heavy atom. The summed E-state index contributed by atoms with van der Waals surface area (Å²) >= 11 is 0. The quantitative estimate of drug-likeness (QED) is 0.510. The van der Waals surface area contributed by atoms with Crippen LogP contribution in [0.25, 0.3) is 0 Å². The molecule has 0 spiro atoms. The van der Waals surface area contributed by atoms with Crippen LogP contribution in [0.3, 0.4) is 0 Å². The molecule has 0 rings (SSSR count). The lowest BCUT2D eigenvalue weighted by molar-refractivity contribution is -0.143. The van der Waals surface area contributed by atoms with E-state index in [9.17, 15) is 4.79 Å². The average Bonchev–Trinajstić information content (AvgIpc) is 2.20.